The molecule has 0 heterocycles. The number of rotatable bonds is 5. The molecule has 1 unspecified atom stereocenters. The summed E-state index contributed by atoms with van der Waals surface area (Å²) in [4.78, 5) is 0. The molecule has 3 heteroatoms. The molecule has 1 atom stereocenters. The first-order valence-corrected chi connectivity index (χ1v) is 5.64. The molecule has 0 saturated heterocycles. The van der Waals surface area contributed by atoms with Crippen molar-refractivity contribution in [2.45, 2.75) is 25.7 Å². The van der Waals surface area contributed by atoms with E-state index in [1.807, 2.05) is 18.2 Å². The van der Waals surface area contributed by atoms with Gasteiger partial charge in [-0.25, -0.2) is 0 Å². The van der Waals surface area contributed by atoms with Crippen molar-refractivity contribution < 1.29 is 4.74 Å². The lowest BCUT2D eigenvalue weighted by atomic mass is 9.94. The Morgan fingerprint density at radius 3 is 2.73 bits per heavy atom. The van der Waals surface area contributed by atoms with Crippen LogP contribution < -0.4 is 10.5 Å². The molecule has 2 N–H and O–H groups in total. The molecule has 1 rings (SSSR count). The van der Waals surface area contributed by atoms with Crippen molar-refractivity contribution >= 4 is 11.6 Å². The van der Waals surface area contributed by atoms with Crippen LogP contribution in [-0.4, -0.2) is 13.7 Å². The molecule has 0 amide bonds. The van der Waals surface area contributed by atoms with Gasteiger partial charge in [0.25, 0.3) is 0 Å². The molecule has 0 radical (unpaired) electrons. The van der Waals surface area contributed by atoms with E-state index in [9.17, 15) is 0 Å². The molecule has 1 aromatic rings. The Labute approximate surface area is 96.4 Å². The van der Waals surface area contributed by atoms with Gasteiger partial charge >= 0.3 is 0 Å². The van der Waals surface area contributed by atoms with E-state index in [1.165, 1.54) is 0 Å². The molecule has 0 bridgehead atoms. The zero-order valence-corrected chi connectivity index (χ0v) is 10.1. The van der Waals surface area contributed by atoms with Gasteiger partial charge in [0.2, 0.25) is 0 Å². The molecule has 0 fully saturated rings. The smallest absolute Gasteiger partial charge is 0.122 e. The fraction of sp³-hybridized carbons (Fsp3) is 0.500. The number of hydrogen-bond donors (Lipinski definition) is 1. The number of hydrogen-bond acceptors (Lipinski definition) is 2. The van der Waals surface area contributed by atoms with Crippen LogP contribution >= 0.6 is 11.6 Å². The maximum atomic E-state index is 5.98. The second-order valence-electron chi connectivity index (χ2n) is 3.61. The minimum absolute atomic E-state index is 0.337. The van der Waals surface area contributed by atoms with E-state index < -0.39 is 0 Å². The first-order chi connectivity index (χ1) is 7.22. The van der Waals surface area contributed by atoms with Crippen molar-refractivity contribution in [1.29, 1.82) is 0 Å². The van der Waals surface area contributed by atoms with Crippen LogP contribution in [0.25, 0.3) is 0 Å². The minimum atomic E-state index is 0.337. The van der Waals surface area contributed by atoms with Crippen molar-refractivity contribution in [3.8, 4) is 5.75 Å². The predicted molar refractivity (Wildman–Crippen MR) is 64.7 cm³/mol. The summed E-state index contributed by atoms with van der Waals surface area (Å²) < 4.78 is 5.32. The lowest BCUT2D eigenvalue weighted by molar-refractivity contribution is 0.403. The van der Waals surface area contributed by atoms with Gasteiger partial charge < -0.3 is 10.5 Å². The van der Waals surface area contributed by atoms with E-state index in [2.05, 4.69) is 6.92 Å². The van der Waals surface area contributed by atoms with Gasteiger partial charge in [0.1, 0.15) is 5.75 Å². The second-order valence-corrected chi connectivity index (χ2v) is 4.04. The van der Waals surface area contributed by atoms with Gasteiger partial charge in [-0.1, -0.05) is 24.9 Å². The van der Waals surface area contributed by atoms with Crippen molar-refractivity contribution in [2.75, 3.05) is 13.7 Å². The highest BCUT2D eigenvalue weighted by Crippen LogP contribution is 2.31. The van der Waals surface area contributed by atoms with Gasteiger partial charge in [0, 0.05) is 5.02 Å². The van der Waals surface area contributed by atoms with Gasteiger partial charge in [-0.3, -0.25) is 0 Å². The first-order valence-electron chi connectivity index (χ1n) is 5.26. The molecule has 1 aromatic carbocycles. The highest BCUT2D eigenvalue weighted by molar-refractivity contribution is 6.30. The number of ether oxygens (including phenoxy) is 1. The van der Waals surface area contributed by atoms with Crippen LogP contribution in [0.2, 0.25) is 5.02 Å². The third-order valence-electron chi connectivity index (χ3n) is 2.55. The van der Waals surface area contributed by atoms with Crippen molar-refractivity contribution in [3.63, 3.8) is 0 Å². The molecular weight excluding hydrogens is 210 g/mol. The molecule has 0 spiro atoms. The maximum Gasteiger partial charge on any atom is 0.122 e. The number of methoxy groups -OCH3 is 1. The van der Waals surface area contributed by atoms with E-state index in [1.54, 1.807) is 7.11 Å². The minimum Gasteiger partial charge on any atom is -0.496 e. The van der Waals surface area contributed by atoms with Crippen molar-refractivity contribution in [2.24, 2.45) is 5.73 Å². The quantitative estimate of drug-likeness (QED) is 0.839. The fourth-order valence-electron chi connectivity index (χ4n) is 1.77. The maximum absolute atomic E-state index is 5.98. The molecule has 0 aliphatic heterocycles. The summed E-state index contributed by atoms with van der Waals surface area (Å²) in [5.74, 6) is 1.21. The summed E-state index contributed by atoms with van der Waals surface area (Å²) in [7, 11) is 1.67. The summed E-state index contributed by atoms with van der Waals surface area (Å²) in [6.45, 7) is 2.78. The highest BCUT2D eigenvalue weighted by Gasteiger charge is 2.14. The lowest BCUT2D eigenvalue weighted by Gasteiger charge is -2.17. The molecule has 0 aliphatic carbocycles. The van der Waals surface area contributed by atoms with Gasteiger partial charge in [-0.05, 0) is 42.6 Å². The summed E-state index contributed by atoms with van der Waals surface area (Å²) in [5.41, 5.74) is 6.89. The molecule has 84 valence electrons. The van der Waals surface area contributed by atoms with E-state index >= 15 is 0 Å². The first kappa shape index (κ1) is 12.3. The topological polar surface area (TPSA) is 35.2 Å². The predicted octanol–water partition coefficient (Wildman–Crippen LogP) is 3.19. The van der Waals surface area contributed by atoms with Crippen LogP contribution in [0, 0.1) is 0 Å². The highest BCUT2D eigenvalue weighted by atomic mass is 35.5. The van der Waals surface area contributed by atoms with Crippen LogP contribution in [0.4, 0.5) is 0 Å². The number of halogens is 1. The molecule has 0 aromatic heterocycles. The Balaban J connectivity index is 3.02. The zero-order chi connectivity index (χ0) is 11.3. The van der Waals surface area contributed by atoms with Gasteiger partial charge in [-0.15, -0.1) is 0 Å². The molecular formula is C12H18ClNO. The third kappa shape index (κ3) is 3.11. The Kier molecular flexibility index (Phi) is 4.92. The van der Waals surface area contributed by atoms with Crippen molar-refractivity contribution in [1.82, 2.24) is 0 Å². The SMILES string of the molecule is CCCC(CN)c1cc(Cl)ccc1OC. The van der Waals surface area contributed by atoms with Crippen molar-refractivity contribution in [3.05, 3.63) is 28.8 Å². The number of nitrogens with two attached hydrogens (primary N) is 1. The monoisotopic (exact) mass is 227 g/mol. The zero-order valence-electron chi connectivity index (χ0n) is 9.29. The molecule has 0 saturated carbocycles. The van der Waals surface area contributed by atoms with Crippen LogP contribution in [0.5, 0.6) is 5.75 Å². The Morgan fingerprint density at radius 1 is 1.47 bits per heavy atom. The molecule has 2 nitrogen and oxygen atoms in total. The Bertz CT molecular complexity index is 314. The standard InChI is InChI=1S/C12H18ClNO/c1-3-4-9(8-14)11-7-10(13)5-6-12(11)15-2/h5-7,9H,3-4,8,14H2,1-2H3. The summed E-state index contributed by atoms with van der Waals surface area (Å²) >= 11 is 5.98. The van der Waals surface area contributed by atoms with Crippen LogP contribution in [0.3, 0.4) is 0 Å². The van der Waals surface area contributed by atoms with E-state index in [0.717, 1.165) is 29.2 Å². The second kappa shape index (κ2) is 5.99. The Morgan fingerprint density at radius 2 is 2.20 bits per heavy atom. The normalized spacial score (nSPS) is 12.5. The van der Waals surface area contributed by atoms with Crippen LogP contribution in [-0.2, 0) is 0 Å². The summed E-state index contributed by atoms with van der Waals surface area (Å²) in [6.07, 6.45) is 2.17. The molecule has 15 heavy (non-hydrogen) atoms. The summed E-state index contributed by atoms with van der Waals surface area (Å²) in [5, 5.41) is 0.736. The van der Waals surface area contributed by atoms with Gasteiger partial charge in [-0.2, -0.15) is 0 Å². The van der Waals surface area contributed by atoms with Crippen LogP contribution in [0.1, 0.15) is 31.2 Å². The average molecular weight is 228 g/mol. The number of benzene rings is 1. The third-order valence-corrected chi connectivity index (χ3v) is 2.79. The summed E-state index contributed by atoms with van der Waals surface area (Å²) in [6, 6.07) is 5.69. The van der Waals surface area contributed by atoms with Gasteiger partial charge in [0.15, 0.2) is 0 Å². The Hall–Kier alpha value is -0.730. The van der Waals surface area contributed by atoms with Gasteiger partial charge in [0.05, 0.1) is 7.11 Å². The van der Waals surface area contributed by atoms with E-state index in [4.69, 9.17) is 22.1 Å². The van der Waals surface area contributed by atoms with Crippen LogP contribution in [0.15, 0.2) is 18.2 Å². The van der Waals surface area contributed by atoms with E-state index in [0.29, 0.717) is 12.5 Å². The average Bonchev–Trinajstić information content (AvgIpc) is 2.26. The largest absolute Gasteiger partial charge is 0.496 e. The fourth-order valence-corrected chi connectivity index (χ4v) is 1.95. The molecule has 0 aliphatic rings. The van der Waals surface area contributed by atoms with E-state index in [-0.39, 0.29) is 0 Å². The lowest BCUT2D eigenvalue weighted by Crippen LogP contribution is -2.13.